The summed E-state index contributed by atoms with van der Waals surface area (Å²) in [5.74, 6) is -1.46. The van der Waals surface area contributed by atoms with E-state index in [0.29, 0.717) is 12.1 Å². The lowest BCUT2D eigenvalue weighted by molar-refractivity contribution is -0.118. The summed E-state index contributed by atoms with van der Waals surface area (Å²) in [7, 11) is 0. The Kier molecular flexibility index (Phi) is 4.75. The van der Waals surface area contributed by atoms with Crippen LogP contribution in [0, 0.1) is 5.82 Å². The average molecular weight is 409 g/mol. The fourth-order valence-corrected chi connectivity index (χ4v) is 4.22. The summed E-state index contributed by atoms with van der Waals surface area (Å²) in [5, 5.41) is 10.3. The molecule has 5 rings (SSSR count). The van der Waals surface area contributed by atoms with Gasteiger partial charge in [0.25, 0.3) is 0 Å². The van der Waals surface area contributed by atoms with Gasteiger partial charge in [-0.05, 0) is 46.5 Å². The standard InChI is InChI=1S/C27H20FNO2/c28-21-14-15-25(30)23(16-21)26-22-8-4-5-9-24(22)29(27(26)31)17-18-10-12-20(13-11-18)19-6-2-1-3-7-19/h1-16,26,30H,17H2. The second-order valence-corrected chi connectivity index (χ2v) is 7.68. The van der Waals surface area contributed by atoms with Crippen LogP contribution in [0.3, 0.4) is 0 Å². The molecule has 31 heavy (non-hydrogen) atoms. The molecule has 3 nitrogen and oxygen atoms in total. The predicted octanol–water partition coefficient (Wildman–Crippen LogP) is 5.88. The van der Waals surface area contributed by atoms with Gasteiger partial charge in [-0.1, -0.05) is 72.8 Å². The van der Waals surface area contributed by atoms with E-state index in [1.54, 1.807) is 4.90 Å². The fourth-order valence-electron chi connectivity index (χ4n) is 4.22. The number of hydrogen-bond acceptors (Lipinski definition) is 2. The van der Waals surface area contributed by atoms with Gasteiger partial charge in [0.05, 0.1) is 12.5 Å². The van der Waals surface area contributed by atoms with E-state index in [-0.39, 0.29) is 11.7 Å². The van der Waals surface area contributed by atoms with Gasteiger partial charge in [0, 0.05) is 11.3 Å². The smallest absolute Gasteiger partial charge is 0.239 e. The zero-order valence-electron chi connectivity index (χ0n) is 16.7. The Hall–Kier alpha value is -3.92. The van der Waals surface area contributed by atoms with Crippen LogP contribution < -0.4 is 4.90 Å². The zero-order valence-corrected chi connectivity index (χ0v) is 16.7. The minimum absolute atomic E-state index is 0.0800. The van der Waals surface area contributed by atoms with Gasteiger partial charge >= 0.3 is 0 Å². The van der Waals surface area contributed by atoms with Crippen molar-refractivity contribution in [1.82, 2.24) is 0 Å². The number of phenols is 1. The maximum atomic E-state index is 13.9. The molecule has 0 aromatic heterocycles. The molecule has 1 N–H and O–H groups in total. The molecule has 4 heteroatoms. The Morgan fingerprint density at radius 2 is 1.45 bits per heavy atom. The third kappa shape index (κ3) is 3.46. The number of fused-ring (bicyclic) bond motifs is 1. The average Bonchev–Trinajstić information content (AvgIpc) is 3.08. The van der Waals surface area contributed by atoms with E-state index < -0.39 is 11.7 Å². The number of para-hydroxylation sites is 1. The molecule has 1 heterocycles. The first-order valence-electron chi connectivity index (χ1n) is 10.1. The summed E-state index contributed by atoms with van der Waals surface area (Å²) in [4.78, 5) is 15.1. The lowest BCUT2D eigenvalue weighted by atomic mass is 9.92. The number of halogens is 1. The molecule has 4 aromatic carbocycles. The van der Waals surface area contributed by atoms with Crippen molar-refractivity contribution in [2.24, 2.45) is 0 Å². The third-order valence-electron chi connectivity index (χ3n) is 5.75. The van der Waals surface area contributed by atoms with Crippen LogP contribution in [0.1, 0.15) is 22.6 Å². The number of carbonyl (C=O) groups excluding carboxylic acids is 1. The highest BCUT2D eigenvalue weighted by molar-refractivity contribution is 6.07. The number of rotatable bonds is 4. The number of amides is 1. The van der Waals surface area contributed by atoms with Crippen LogP contribution in [-0.4, -0.2) is 11.0 Å². The maximum Gasteiger partial charge on any atom is 0.239 e. The molecule has 0 fully saturated rings. The molecule has 1 atom stereocenters. The van der Waals surface area contributed by atoms with Gasteiger partial charge in [0.15, 0.2) is 0 Å². The highest BCUT2D eigenvalue weighted by atomic mass is 19.1. The first kappa shape index (κ1) is 19.1. The summed E-state index contributed by atoms with van der Waals surface area (Å²) in [6.45, 7) is 0.400. The van der Waals surface area contributed by atoms with Crippen molar-refractivity contribution in [3.8, 4) is 16.9 Å². The van der Waals surface area contributed by atoms with Gasteiger partial charge < -0.3 is 10.0 Å². The number of carbonyl (C=O) groups is 1. The molecule has 152 valence electrons. The highest BCUT2D eigenvalue weighted by Crippen LogP contribution is 2.44. The van der Waals surface area contributed by atoms with Crippen molar-refractivity contribution < 1.29 is 14.3 Å². The first-order chi connectivity index (χ1) is 15.1. The largest absolute Gasteiger partial charge is 0.508 e. The molecule has 0 radical (unpaired) electrons. The molecule has 0 aliphatic carbocycles. The Bertz CT molecular complexity index is 1250. The van der Waals surface area contributed by atoms with Gasteiger partial charge in [-0.2, -0.15) is 0 Å². The number of phenolic OH excluding ortho intramolecular Hbond substituents is 1. The van der Waals surface area contributed by atoms with Gasteiger partial charge in [0.2, 0.25) is 5.91 Å². The van der Waals surface area contributed by atoms with Gasteiger partial charge in [-0.15, -0.1) is 0 Å². The Balaban J connectivity index is 1.48. The van der Waals surface area contributed by atoms with Crippen molar-refractivity contribution >= 4 is 11.6 Å². The molecule has 1 unspecified atom stereocenters. The van der Waals surface area contributed by atoms with E-state index in [2.05, 4.69) is 12.1 Å². The summed E-state index contributed by atoms with van der Waals surface area (Å²) < 4.78 is 13.9. The Morgan fingerprint density at radius 1 is 0.774 bits per heavy atom. The summed E-state index contributed by atoms with van der Waals surface area (Å²) >= 11 is 0. The quantitative estimate of drug-likeness (QED) is 0.457. The molecule has 1 aliphatic heterocycles. The van der Waals surface area contributed by atoms with Gasteiger partial charge in [0.1, 0.15) is 11.6 Å². The maximum absolute atomic E-state index is 13.9. The van der Waals surface area contributed by atoms with E-state index in [1.807, 2.05) is 66.7 Å². The number of aromatic hydroxyl groups is 1. The molecule has 4 aromatic rings. The van der Waals surface area contributed by atoms with E-state index in [0.717, 1.165) is 27.9 Å². The minimum atomic E-state index is -0.726. The normalized spacial score (nSPS) is 15.2. The Labute approximate surface area is 180 Å². The van der Waals surface area contributed by atoms with Crippen LogP contribution in [0.2, 0.25) is 0 Å². The molecule has 1 aliphatic rings. The van der Waals surface area contributed by atoms with Crippen molar-refractivity contribution in [3.05, 3.63) is 120 Å². The molecule has 0 bridgehead atoms. The highest BCUT2D eigenvalue weighted by Gasteiger charge is 2.39. The van der Waals surface area contributed by atoms with Gasteiger partial charge in [-0.3, -0.25) is 4.79 Å². The molecule has 0 saturated carbocycles. The second-order valence-electron chi connectivity index (χ2n) is 7.68. The number of anilines is 1. The van der Waals surface area contributed by atoms with Crippen molar-refractivity contribution in [3.63, 3.8) is 0 Å². The summed E-state index contributed by atoms with van der Waals surface area (Å²) in [6.07, 6.45) is 0. The van der Waals surface area contributed by atoms with E-state index in [4.69, 9.17) is 0 Å². The van der Waals surface area contributed by atoms with Crippen LogP contribution in [0.4, 0.5) is 10.1 Å². The number of nitrogens with zero attached hydrogens (tertiary/aromatic N) is 1. The van der Waals surface area contributed by atoms with Crippen LogP contribution >= 0.6 is 0 Å². The lowest BCUT2D eigenvalue weighted by Crippen LogP contribution is -2.28. The molecule has 0 spiro atoms. The van der Waals surface area contributed by atoms with E-state index in [9.17, 15) is 14.3 Å². The van der Waals surface area contributed by atoms with Crippen molar-refractivity contribution in [2.75, 3.05) is 4.90 Å². The molecular weight excluding hydrogens is 389 g/mol. The van der Waals surface area contributed by atoms with Crippen LogP contribution in [0.25, 0.3) is 11.1 Å². The predicted molar refractivity (Wildman–Crippen MR) is 119 cm³/mol. The fraction of sp³-hybridized carbons (Fsp3) is 0.0741. The van der Waals surface area contributed by atoms with Gasteiger partial charge in [-0.25, -0.2) is 4.39 Å². The van der Waals surface area contributed by atoms with E-state index in [1.165, 1.54) is 18.2 Å². The number of hydrogen-bond donors (Lipinski definition) is 1. The monoisotopic (exact) mass is 409 g/mol. The van der Waals surface area contributed by atoms with Crippen molar-refractivity contribution in [2.45, 2.75) is 12.5 Å². The van der Waals surface area contributed by atoms with Crippen molar-refractivity contribution in [1.29, 1.82) is 0 Å². The van der Waals surface area contributed by atoms with Crippen LogP contribution in [0.15, 0.2) is 97.1 Å². The summed E-state index contributed by atoms with van der Waals surface area (Å²) in [5.41, 5.74) is 5.09. The Morgan fingerprint density at radius 3 is 2.23 bits per heavy atom. The first-order valence-corrected chi connectivity index (χ1v) is 10.1. The van der Waals surface area contributed by atoms with Crippen LogP contribution in [0.5, 0.6) is 5.75 Å². The summed E-state index contributed by atoms with van der Waals surface area (Å²) in [6, 6.07) is 29.5. The number of benzene rings is 4. The van der Waals surface area contributed by atoms with E-state index >= 15 is 0 Å². The zero-order chi connectivity index (χ0) is 21.4. The third-order valence-corrected chi connectivity index (χ3v) is 5.75. The lowest BCUT2D eigenvalue weighted by Gasteiger charge is -2.19. The van der Waals surface area contributed by atoms with Crippen LogP contribution in [-0.2, 0) is 11.3 Å². The molecular formula is C27H20FNO2. The molecule has 0 saturated heterocycles. The second kappa shape index (κ2) is 7.73. The topological polar surface area (TPSA) is 40.5 Å². The SMILES string of the molecule is O=C1C(c2cc(F)ccc2O)c2ccccc2N1Cc1ccc(-c2ccccc2)cc1. The minimum Gasteiger partial charge on any atom is -0.508 e. The molecule has 1 amide bonds.